The highest BCUT2D eigenvalue weighted by Crippen LogP contribution is 2.36. The lowest BCUT2D eigenvalue weighted by molar-refractivity contribution is -0.129. The molecule has 0 spiro atoms. The number of anilines is 3. The number of amides is 1. The van der Waals surface area contributed by atoms with Crippen LogP contribution < -0.4 is 19.7 Å². The van der Waals surface area contributed by atoms with Gasteiger partial charge in [-0.05, 0) is 63.8 Å². The van der Waals surface area contributed by atoms with E-state index in [4.69, 9.17) is 14.5 Å². The molecule has 2 aliphatic rings. The monoisotopic (exact) mass is 566 g/mol. The smallest absolute Gasteiger partial charge is 0.246 e. The maximum atomic E-state index is 12.9. The molecule has 0 unspecified atom stereocenters. The van der Waals surface area contributed by atoms with Crippen LogP contribution in [0.3, 0.4) is 0 Å². The molecule has 0 saturated carbocycles. The van der Waals surface area contributed by atoms with E-state index in [0.717, 1.165) is 35.1 Å². The number of carbonyl (C=O) groups excluding carboxylic acids is 1. The number of fused-ring (bicyclic) bond motifs is 5. The van der Waals surface area contributed by atoms with Crippen LogP contribution in [-0.2, 0) is 4.79 Å². The molecule has 4 aromatic rings. The van der Waals surface area contributed by atoms with E-state index in [1.54, 1.807) is 12.3 Å². The van der Waals surface area contributed by atoms with E-state index in [-0.39, 0.29) is 11.9 Å². The molecule has 5 heterocycles. The molecule has 3 aromatic heterocycles. The molecule has 1 atom stereocenters. The van der Waals surface area contributed by atoms with Crippen molar-refractivity contribution in [3.63, 3.8) is 0 Å². The topological polar surface area (TPSA) is 109 Å². The number of hydrogen-bond acceptors (Lipinski definition) is 10. The molecule has 6 rings (SSSR count). The molecule has 1 fully saturated rings. The van der Waals surface area contributed by atoms with Crippen LogP contribution in [0.5, 0.6) is 17.2 Å². The molecule has 11 heteroatoms. The highest BCUT2D eigenvalue weighted by Gasteiger charge is 2.35. The number of pyridine rings is 2. The van der Waals surface area contributed by atoms with E-state index in [2.05, 4.69) is 25.2 Å². The molecule has 2 bridgehead atoms. The number of aryl methyl sites for hydroxylation is 2. The van der Waals surface area contributed by atoms with E-state index in [1.165, 1.54) is 6.33 Å². The number of ether oxygens (including phenoxy) is 2. The van der Waals surface area contributed by atoms with E-state index in [1.807, 2.05) is 80.2 Å². The summed E-state index contributed by atoms with van der Waals surface area (Å²) in [4.78, 5) is 37.3. The van der Waals surface area contributed by atoms with Crippen molar-refractivity contribution in [1.29, 1.82) is 0 Å². The standard InChI is InChI=1S/C31H34N8O3/c1-20-14-22(8-10-26(20)42-24-9-7-21(2)32-16-24)35-30-29-25(33-19-34-30)15-27-31(36-29)38-12-13-39(23(17-38)18-41-27)28(40)6-5-11-37(3)4/h5-10,14-16,19,23H,11-13,17-18H2,1-4H3,(H,33,34,35)/b6-5+/t23-/m0/s1. The number of nitrogens with zero attached hydrogens (tertiary/aromatic N) is 7. The Morgan fingerprint density at radius 1 is 1.14 bits per heavy atom. The van der Waals surface area contributed by atoms with Gasteiger partial charge in [-0.15, -0.1) is 0 Å². The van der Waals surface area contributed by atoms with Crippen LogP contribution in [0.4, 0.5) is 17.3 Å². The fourth-order valence-electron chi connectivity index (χ4n) is 5.13. The fraction of sp³-hybridized carbons (Fsp3) is 0.323. The first-order chi connectivity index (χ1) is 20.3. The zero-order valence-electron chi connectivity index (χ0n) is 24.2. The van der Waals surface area contributed by atoms with Crippen LogP contribution in [-0.4, -0.2) is 88.6 Å². The SMILES string of the molecule is Cc1ccc(Oc2ccc(Nc3ncnc4cc5c(nc34)N3CCN(C(=O)/C=C/CN(C)C)[C@H](CO5)C3)cc2C)cn1. The van der Waals surface area contributed by atoms with Crippen molar-refractivity contribution in [3.8, 4) is 17.2 Å². The van der Waals surface area contributed by atoms with Crippen LogP contribution in [0.15, 0.2) is 61.1 Å². The summed E-state index contributed by atoms with van der Waals surface area (Å²) < 4.78 is 12.2. The number of piperazine rings is 1. The summed E-state index contributed by atoms with van der Waals surface area (Å²) in [6.07, 6.45) is 6.79. The third kappa shape index (κ3) is 5.82. The van der Waals surface area contributed by atoms with Gasteiger partial charge in [-0.2, -0.15) is 0 Å². The Balaban J connectivity index is 1.21. The zero-order valence-corrected chi connectivity index (χ0v) is 24.2. The lowest BCUT2D eigenvalue weighted by Crippen LogP contribution is -2.56. The van der Waals surface area contributed by atoms with Crippen LogP contribution in [0.25, 0.3) is 11.0 Å². The van der Waals surface area contributed by atoms with Gasteiger partial charge in [0.2, 0.25) is 5.91 Å². The number of rotatable bonds is 7. The summed E-state index contributed by atoms with van der Waals surface area (Å²) in [5.41, 5.74) is 4.07. The first kappa shape index (κ1) is 27.4. The first-order valence-electron chi connectivity index (χ1n) is 14.0. The Morgan fingerprint density at radius 2 is 2.02 bits per heavy atom. The molecule has 42 heavy (non-hydrogen) atoms. The average Bonchev–Trinajstić information content (AvgIpc) is 3.10. The number of likely N-dealkylation sites (N-methyl/N-ethyl adjacent to an activating group) is 1. The highest BCUT2D eigenvalue weighted by atomic mass is 16.5. The number of aromatic nitrogens is 4. The Hall–Kier alpha value is -4.77. The normalized spacial score (nSPS) is 16.4. The molecular weight excluding hydrogens is 532 g/mol. The van der Waals surface area contributed by atoms with Crippen molar-refractivity contribution >= 4 is 34.3 Å². The molecule has 1 aromatic carbocycles. The molecule has 1 saturated heterocycles. The van der Waals surface area contributed by atoms with E-state index in [9.17, 15) is 4.79 Å². The summed E-state index contributed by atoms with van der Waals surface area (Å²) in [5, 5.41) is 3.41. The Bertz CT molecular complexity index is 1640. The van der Waals surface area contributed by atoms with Gasteiger partial charge in [-0.25, -0.2) is 15.0 Å². The lowest BCUT2D eigenvalue weighted by atomic mass is 10.1. The number of hydrogen-bond donors (Lipinski definition) is 1. The van der Waals surface area contributed by atoms with Gasteiger partial charge in [0.05, 0.1) is 17.8 Å². The van der Waals surface area contributed by atoms with Gasteiger partial charge in [0.15, 0.2) is 17.4 Å². The van der Waals surface area contributed by atoms with E-state index >= 15 is 0 Å². The molecule has 0 aliphatic carbocycles. The Kier molecular flexibility index (Phi) is 7.58. The number of nitrogens with one attached hydrogen (secondary N) is 1. The second kappa shape index (κ2) is 11.6. The van der Waals surface area contributed by atoms with Crippen molar-refractivity contribution < 1.29 is 14.3 Å². The highest BCUT2D eigenvalue weighted by molar-refractivity contribution is 5.90. The average molecular weight is 567 g/mol. The van der Waals surface area contributed by atoms with Gasteiger partial charge < -0.3 is 29.5 Å². The minimum atomic E-state index is -0.0735. The number of carbonyl (C=O) groups is 1. The van der Waals surface area contributed by atoms with Crippen molar-refractivity contribution in [1.82, 2.24) is 29.7 Å². The Labute approximate surface area is 244 Å². The molecule has 11 nitrogen and oxygen atoms in total. The quantitative estimate of drug-likeness (QED) is 0.329. The maximum Gasteiger partial charge on any atom is 0.246 e. The summed E-state index contributed by atoms with van der Waals surface area (Å²) in [5.74, 6) is 3.44. The summed E-state index contributed by atoms with van der Waals surface area (Å²) >= 11 is 0. The van der Waals surface area contributed by atoms with Gasteiger partial charge in [0.1, 0.15) is 29.9 Å². The third-order valence-electron chi connectivity index (χ3n) is 7.33. The second-order valence-electron chi connectivity index (χ2n) is 10.8. The predicted octanol–water partition coefficient (Wildman–Crippen LogP) is 4.10. The summed E-state index contributed by atoms with van der Waals surface area (Å²) in [6.45, 7) is 6.95. The molecule has 2 aliphatic heterocycles. The summed E-state index contributed by atoms with van der Waals surface area (Å²) in [6, 6.07) is 11.5. The molecule has 216 valence electrons. The lowest BCUT2D eigenvalue weighted by Gasteiger charge is -2.39. The molecule has 0 radical (unpaired) electrons. The predicted molar refractivity (Wildman–Crippen MR) is 162 cm³/mol. The van der Waals surface area contributed by atoms with Crippen molar-refractivity contribution in [2.24, 2.45) is 0 Å². The van der Waals surface area contributed by atoms with Crippen molar-refractivity contribution in [2.75, 3.05) is 57.1 Å². The minimum Gasteiger partial charge on any atom is -0.487 e. The second-order valence-corrected chi connectivity index (χ2v) is 10.8. The molecule has 1 amide bonds. The molecule has 1 N–H and O–H groups in total. The van der Waals surface area contributed by atoms with Crippen LogP contribution in [0.2, 0.25) is 0 Å². The Morgan fingerprint density at radius 3 is 2.81 bits per heavy atom. The minimum absolute atomic E-state index is 0.00812. The zero-order chi connectivity index (χ0) is 29.2. The fourth-order valence-corrected chi connectivity index (χ4v) is 5.13. The van der Waals surface area contributed by atoms with Crippen LogP contribution >= 0.6 is 0 Å². The van der Waals surface area contributed by atoms with Gasteiger partial charge in [-0.1, -0.05) is 6.08 Å². The van der Waals surface area contributed by atoms with Crippen molar-refractivity contribution in [2.45, 2.75) is 19.9 Å². The van der Waals surface area contributed by atoms with Gasteiger partial charge in [0, 0.05) is 49.7 Å². The van der Waals surface area contributed by atoms with Gasteiger partial charge in [0.25, 0.3) is 0 Å². The molecular formula is C31H34N8O3. The maximum absolute atomic E-state index is 12.9. The summed E-state index contributed by atoms with van der Waals surface area (Å²) in [7, 11) is 3.95. The van der Waals surface area contributed by atoms with Crippen LogP contribution in [0.1, 0.15) is 11.3 Å². The largest absolute Gasteiger partial charge is 0.487 e. The third-order valence-corrected chi connectivity index (χ3v) is 7.33. The van der Waals surface area contributed by atoms with E-state index < -0.39 is 0 Å². The van der Waals surface area contributed by atoms with Crippen LogP contribution in [0, 0.1) is 13.8 Å². The van der Waals surface area contributed by atoms with E-state index in [0.29, 0.717) is 54.6 Å². The first-order valence-corrected chi connectivity index (χ1v) is 14.0. The van der Waals surface area contributed by atoms with Gasteiger partial charge in [-0.3, -0.25) is 9.78 Å². The van der Waals surface area contributed by atoms with Gasteiger partial charge >= 0.3 is 0 Å². The number of benzene rings is 1. The van der Waals surface area contributed by atoms with Crippen molar-refractivity contribution in [3.05, 3.63) is 72.3 Å².